The van der Waals surface area contributed by atoms with E-state index in [1.165, 1.54) is 4.90 Å². The summed E-state index contributed by atoms with van der Waals surface area (Å²) in [5.41, 5.74) is 0. The SMILES string of the molecule is O=C1CN2CCN(CCN3CCN(CC2)CC(=O)OOC(=NCCN2C(=O)CCC2=O)C3)CC(=O)OO1. The Kier molecular flexibility index (Phi) is 9.38. The molecule has 0 aromatic heterocycles. The van der Waals surface area contributed by atoms with Crippen LogP contribution in [0.5, 0.6) is 0 Å². The van der Waals surface area contributed by atoms with Crippen LogP contribution in [0.15, 0.2) is 4.99 Å². The van der Waals surface area contributed by atoms with Crippen LogP contribution in [-0.2, 0) is 43.5 Å². The first-order chi connectivity index (χ1) is 17.9. The van der Waals surface area contributed by atoms with Gasteiger partial charge in [-0.1, -0.05) is 0 Å². The van der Waals surface area contributed by atoms with Crippen LogP contribution < -0.4 is 0 Å². The monoisotopic (exact) mass is 524 g/mol. The fourth-order valence-electron chi connectivity index (χ4n) is 4.47. The van der Waals surface area contributed by atoms with Gasteiger partial charge in [0.2, 0.25) is 11.8 Å². The number of carbonyl (C=O) groups excluding carboxylic acids is 5. The second-order valence-corrected chi connectivity index (χ2v) is 9.27. The largest absolute Gasteiger partial charge is 0.369 e. The molecule has 0 aromatic carbocycles. The van der Waals surface area contributed by atoms with Gasteiger partial charge in [0.25, 0.3) is 5.90 Å². The first-order valence-electron chi connectivity index (χ1n) is 12.4. The fourth-order valence-corrected chi connectivity index (χ4v) is 4.47. The highest BCUT2D eigenvalue weighted by Gasteiger charge is 2.29. The number of fused-ring (bicyclic) bond motifs is 6. The highest BCUT2D eigenvalue weighted by Crippen LogP contribution is 2.11. The number of carbonyl (C=O) groups is 5. The standard InChI is InChI=1S/C22H32N6O9/c29-18-1-2-19(30)28(18)4-3-23-17-13-24-5-7-25(14-20(31)35-34-17)9-11-27-12-10-26(8-6-24)15-21(32)36-37-22(33)16-27/h1-16H2. The molecule has 4 saturated heterocycles. The predicted molar refractivity (Wildman–Crippen MR) is 123 cm³/mol. The quantitative estimate of drug-likeness (QED) is 0.278. The molecular formula is C22H32N6O9. The Morgan fingerprint density at radius 2 is 0.919 bits per heavy atom. The van der Waals surface area contributed by atoms with E-state index in [1.54, 1.807) is 0 Å². The molecule has 0 spiro atoms. The molecule has 4 atom stereocenters. The van der Waals surface area contributed by atoms with Gasteiger partial charge in [-0.05, 0) is 0 Å². The molecule has 2 amide bonds. The zero-order valence-electron chi connectivity index (χ0n) is 20.7. The normalized spacial score (nSPS) is 31.6. The molecule has 0 aromatic rings. The summed E-state index contributed by atoms with van der Waals surface area (Å²) in [6.45, 7) is 4.64. The maximum atomic E-state index is 12.4. The van der Waals surface area contributed by atoms with Crippen molar-refractivity contribution < 1.29 is 43.5 Å². The third-order valence-corrected chi connectivity index (χ3v) is 6.57. The summed E-state index contributed by atoms with van der Waals surface area (Å²) in [6, 6.07) is 0. The van der Waals surface area contributed by atoms with E-state index in [1.807, 2.05) is 14.7 Å². The van der Waals surface area contributed by atoms with Crippen molar-refractivity contribution in [2.24, 2.45) is 4.99 Å². The van der Waals surface area contributed by atoms with Gasteiger partial charge in [-0.3, -0.25) is 39.0 Å². The molecular weight excluding hydrogens is 492 g/mol. The number of aliphatic imine (C=N–C) groups is 1. The number of likely N-dealkylation sites (tertiary alicyclic amines) is 1. The first kappa shape index (κ1) is 26.9. The van der Waals surface area contributed by atoms with Crippen molar-refractivity contribution in [2.45, 2.75) is 12.8 Å². The molecule has 4 rings (SSSR count). The number of hydrogen-bond donors (Lipinski definition) is 0. The Hall–Kier alpha value is -3.14. The van der Waals surface area contributed by atoms with E-state index >= 15 is 0 Å². The van der Waals surface area contributed by atoms with Gasteiger partial charge in [0.05, 0.1) is 13.1 Å². The minimum absolute atomic E-state index is 0.0140. The van der Waals surface area contributed by atoms with Crippen molar-refractivity contribution in [3.63, 3.8) is 0 Å². The van der Waals surface area contributed by atoms with E-state index in [0.717, 1.165) is 0 Å². The maximum Gasteiger partial charge on any atom is 0.369 e. The van der Waals surface area contributed by atoms with Crippen molar-refractivity contribution >= 4 is 35.6 Å². The number of amides is 2. The van der Waals surface area contributed by atoms with E-state index in [4.69, 9.17) is 9.78 Å². The van der Waals surface area contributed by atoms with Crippen LogP contribution in [0, 0.1) is 0 Å². The summed E-state index contributed by atoms with van der Waals surface area (Å²) in [4.78, 5) is 93.1. The van der Waals surface area contributed by atoms with Crippen molar-refractivity contribution in [1.82, 2.24) is 24.5 Å². The summed E-state index contributed by atoms with van der Waals surface area (Å²) < 4.78 is 0. The molecule has 15 nitrogen and oxygen atoms in total. The minimum Gasteiger partial charge on any atom is -0.292 e. The van der Waals surface area contributed by atoms with Crippen molar-refractivity contribution in [3.05, 3.63) is 0 Å². The number of nitrogens with zero attached hydrogens (tertiary/aromatic N) is 6. The van der Waals surface area contributed by atoms with E-state index < -0.39 is 17.9 Å². The number of imide groups is 1. The molecule has 37 heavy (non-hydrogen) atoms. The highest BCUT2D eigenvalue weighted by atomic mass is 17.2. The van der Waals surface area contributed by atoms with Gasteiger partial charge in [0.15, 0.2) is 0 Å². The molecule has 4 aliphatic rings. The fraction of sp³-hybridized carbons (Fsp3) is 0.727. The molecule has 4 bridgehead atoms. The zero-order valence-corrected chi connectivity index (χ0v) is 20.7. The lowest BCUT2D eigenvalue weighted by atomic mass is 10.3. The summed E-state index contributed by atoms with van der Waals surface area (Å²) >= 11 is 0. The van der Waals surface area contributed by atoms with Crippen LogP contribution in [0.25, 0.3) is 0 Å². The van der Waals surface area contributed by atoms with Gasteiger partial charge in [-0.25, -0.2) is 34.0 Å². The Balaban J connectivity index is 1.46. The molecule has 4 heterocycles. The number of hydrogen-bond acceptors (Lipinski definition) is 14. The predicted octanol–water partition coefficient (Wildman–Crippen LogP) is -2.74. The van der Waals surface area contributed by atoms with E-state index in [2.05, 4.69) is 19.7 Å². The first-order valence-corrected chi connectivity index (χ1v) is 12.4. The van der Waals surface area contributed by atoms with Gasteiger partial charge in [0, 0.05) is 71.7 Å². The van der Waals surface area contributed by atoms with Crippen LogP contribution >= 0.6 is 0 Å². The Bertz CT molecular complexity index is 912. The molecule has 0 N–H and O–H groups in total. The van der Waals surface area contributed by atoms with Gasteiger partial charge in [-0.15, -0.1) is 0 Å². The average Bonchev–Trinajstić information content (AvgIpc) is 3.18. The summed E-state index contributed by atoms with van der Waals surface area (Å²) in [5, 5.41) is 0. The summed E-state index contributed by atoms with van der Waals surface area (Å²) in [7, 11) is 0. The topological polar surface area (TPSA) is 151 Å². The Labute approximate surface area is 213 Å². The van der Waals surface area contributed by atoms with Crippen LogP contribution in [0.2, 0.25) is 0 Å². The summed E-state index contributed by atoms with van der Waals surface area (Å²) in [6.07, 6.45) is 0.413. The Morgan fingerprint density at radius 3 is 1.35 bits per heavy atom. The van der Waals surface area contributed by atoms with Gasteiger partial charge in [-0.2, -0.15) is 0 Å². The smallest absolute Gasteiger partial charge is 0.292 e. The van der Waals surface area contributed by atoms with Crippen molar-refractivity contribution in [3.8, 4) is 0 Å². The van der Waals surface area contributed by atoms with Crippen molar-refractivity contribution in [1.29, 1.82) is 0 Å². The molecule has 0 saturated carbocycles. The third kappa shape index (κ3) is 8.18. The average molecular weight is 525 g/mol. The van der Waals surface area contributed by atoms with E-state index in [-0.39, 0.29) is 69.8 Å². The van der Waals surface area contributed by atoms with Crippen LogP contribution in [0.3, 0.4) is 0 Å². The van der Waals surface area contributed by atoms with Gasteiger partial charge >= 0.3 is 17.9 Å². The molecule has 204 valence electrons. The van der Waals surface area contributed by atoms with Crippen molar-refractivity contribution in [2.75, 3.05) is 91.6 Å². The molecule has 4 fully saturated rings. The third-order valence-electron chi connectivity index (χ3n) is 6.57. The molecule has 4 unspecified atom stereocenters. The molecule has 0 aliphatic carbocycles. The zero-order chi connectivity index (χ0) is 26.2. The maximum absolute atomic E-state index is 12.4. The lowest BCUT2D eigenvalue weighted by Gasteiger charge is -2.34. The van der Waals surface area contributed by atoms with Gasteiger partial charge < -0.3 is 0 Å². The highest BCUT2D eigenvalue weighted by molar-refractivity contribution is 6.01. The second kappa shape index (κ2) is 12.9. The molecule has 15 heteroatoms. The van der Waals surface area contributed by atoms with Crippen LogP contribution in [-0.4, -0.2) is 152 Å². The molecule has 0 radical (unpaired) electrons. The lowest BCUT2D eigenvalue weighted by molar-refractivity contribution is -0.260. The van der Waals surface area contributed by atoms with E-state index in [9.17, 15) is 24.0 Å². The van der Waals surface area contributed by atoms with Gasteiger partial charge in [0.1, 0.15) is 19.6 Å². The second-order valence-electron chi connectivity index (χ2n) is 9.27. The Morgan fingerprint density at radius 1 is 0.541 bits per heavy atom. The lowest BCUT2D eigenvalue weighted by Crippen LogP contribution is -2.50. The van der Waals surface area contributed by atoms with E-state index in [0.29, 0.717) is 52.4 Å². The minimum atomic E-state index is -0.654. The summed E-state index contributed by atoms with van der Waals surface area (Å²) in [5.74, 6) is -2.18. The number of rotatable bonds is 3. The van der Waals surface area contributed by atoms with Crippen LogP contribution in [0.4, 0.5) is 0 Å². The van der Waals surface area contributed by atoms with Crippen LogP contribution in [0.1, 0.15) is 12.8 Å². The molecule has 4 aliphatic heterocycles.